The van der Waals surface area contributed by atoms with Crippen LogP contribution in [-0.4, -0.2) is 17.1 Å². The van der Waals surface area contributed by atoms with Crippen LogP contribution in [0, 0.1) is 0 Å². The monoisotopic (exact) mass is 452 g/mol. The number of halogens is 2. The Bertz CT molecular complexity index is 1100. The number of benzene rings is 2. The highest BCUT2D eigenvalue weighted by atomic mass is 35.5. The first kappa shape index (κ1) is 21.6. The fourth-order valence-electron chi connectivity index (χ4n) is 3.29. The third-order valence-electron chi connectivity index (χ3n) is 5.08. The van der Waals surface area contributed by atoms with Gasteiger partial charge in [0.1, 0.15) is 0 Å². The zero-order valence-electron chi connectivity index (χ0n) is 16.2. The van der Waals surface area contributed by atoms with Gasteiger partial charge in [-0.3, -0.25) is 14.5 Å². The van der Waals surface area contributed by atoms with Crippen molar-refractivity contribution >= 4 is 54.1 Å². The molecule has 1 N–H and O–H groups in total. The normalized spacial score (nSPS) is 15.2. The van der Waals surface area contributed by atoms with Crippen molar-refractivity contribution in [3.8, 4) is 0 Å². The summed E-state index contributed by atoms with van der Waals surface area (Å²) in [6.45, 7) is 6.44. The quantitative estimate of drug-likeness (QED) is 0.595. The van der Waals surface area contributed by atoms with Gasteiger partial charge in [0.2, 0.25) is 5.91 Å². The second-order valence-corrected chi connectivity index (χ2v) is 10.3. The first-order valence-electron chi connectivity index (χ1n) is 8.77. The van der Waals surface area contributed by atoms with Crippen LogP contribution < -0.4 is 10.2 Å². The minimum Gasteiger partial charge on any atom is -0.322 e. The number of fused-ring (bicyclic) bond motifs is 1. The highest BCUT2D eigenvalue weighted by Gasteiger charge is 2.51. The van der Waals surface area contributed by atoms with Crippen molar-refractivity contribution in [1.29, 1.82) is 0 Å². The zero-order valence-corrected chi connectivity index (χ0v) is 18.7. The number of hydrogen-bond acceptors (Lipinski definition) is 4. The Kier molecular flexibility index (Phi) is 5.41. The van der Waals surface area contributed by atoms with E-state index >= 15 is 0 Å². The van der Waals surface area contributed by atoms with Gasteiger partial charge in [0.05, 0.1) is 21.1 Å². The molecule has 29 heavy (non-hydrogen) atoms. The van der Waals surface area contributed by atoms with E-state index in [0.29, 0.717) is 27.5 Å². The maximum Gasteiger partial charge on any atom is 0.341 e. The molecular formula is C20H19Cl2N2O4P. The molecule has 0 radical (unpaired) electrons. The molecule has 3 rings (SSSR count). The minimum atomic E-state index is -2.93. The van der Waals surface area contributed by atoms with E-state index in [1.807, 2.05) is 0 Å². The van der Waals surface area contributed by atoms with Crippen molar-refractivity contribution in [2.24, 2.45) is 0 Å². The number of amides is 2. The Labute approximate surface area is 179 Å². The number of rotatable bonds is 4. The molecule has 1 aliphatic heterocycles. The summed E-state index contributed by atoms with van der Waals surface area (Å²) in [7, 11) is -2.93. The smallest absolute Gasteiger partial charge is 0.322 e. The minimum absolute atomic E-state index is 0.257. The second kappa shape index (κ2) is 7.28. The van der Waals surface area contributed by atoms with E-state index in [2.05, 4.69) is 5.32 Å². The maximum atomic E-state index is 13.0. The lowest BCUT2D eigenvalue weighted by molar-refractivity contribution is -0.122. The third kappa shape index (κ3) is 3.61. The zero-order chi connectivity index (χ0) is 21.7. The van der Waals surface area contributed by atoms with E-state index < -0.39 is 24.3 Å². The van der Waals surface area contributed by atoms with E-state index in [9.17, 15) is 18.7 Å². The fraction of sp³-hybridized carbons (Fsp3) is 0.300. The van der Waals surface area contributed by atoms with E-state index in [1.165, 1.54) is 30.9 Å². The number of carbonyl (C=O) groups excluding carboxylic acids is 2. The van der Waals surface area contributed by atoms with Gasteiger partial charge < -0.3 is 5.32 Å². The highest BCUT2D eigenvalue weighted by molar-refractivity contribution is 7.33. The molecule has 1 heterocycles. The molecule has 0 aliphatic carbocycles. The van der Waals surface area contributed by atoms with Gasteiger partial charge in [-0.15, -0.1) is 0 Å². The molecule has 0 saturated carbocycles. The van der Waals surface area contributed by atoms with Crippen LogP contribution in [0.1, 0.15) is 43.6 Å². The standard InChI is InChI=1S/C20H19Cl2N2O4P/c1-19(2)13-7-6-12(23-17(25)11-5-8-14(21)15(22)9-11)10-16(13)24(18(19)26)20(3,4)29(27)28/h5-10H,1-4H3,(H,23,25). The van der Waals surface area contributed by atoms with Crippen LogP contribution in [0.2, 0.25) is 10.0 Å². The Hall–Kier alpha value is -2.14. The number of anilines is 2. The van der Waals surface area contributed by atoms with Crippen molar-refractivity contribution in [3.05, 3.63) is 57.6 Å². The predicted octanol–water partition coefficient (Wildman–Crippen LogP) is 5.78. The molecule has 0 spiro atoms. The molecule has 0 unspecified atom stereocenters. The summed E-state index contributed by atoms with van der Waals surface area (Å²) < 4.78 is 23.7. The van der Waals surface area contributed by atoms with Crippen LogP contribution in [0.25, 0.3) is 0 Å². The molecule has 0 bridgehead atoms. The van der Waals surface area contributed by atoms with Gasteiger partial charge in [-0.05, 0) is 63.6 Å². The Morgan fingerprint density at radius 1 is 1.07 bits per heavy atom. The first-order valence-corrected chi connectivity index (χ1v) is 10.7. The van der Waals surface area contributed by atoms with Gasteiger partial charge in [-0.25, -0.2) is 9.13 Å². The molecule has 0 saturated heterocycles. The van der Waals surface area contributed by atoms with Crippen LogP contribution >= 0.6 is 30.9 Å². The summed E-state index contributed by atoms with van der Waals surface area (Å²) >= 11 is 11.9. The van der Waals surface area contributed by atoms with Crippen molar-refractivity contribution in [3.63, 3.8) is 0 Å². The van der Waals surface area contributed by atoms with Gasteiger partial charge in [0, 0.05) is 11.3 Å². The predicted molar refractivity (Wildman–Crippen MR) is 114 cm³/mol. The molecule has 1 aliphatic rings. The number of hydrogen-bond donors (Lipinski definition) is 1. The summed E-state index contributed by atoms with van der Waals surface area (Å²) in [4.78, 5) is 26.9. The second-order valence-electron chi connectivity index (χ2n) is 7.83. The van der Waals surface area contributed by atoms with E-state index in [1.54, 1.807) is 38.1 Å². The van der Waals surface area contributed by atoms with Crippen LogP contribution in [0.5, 0.6) is 0 Å². The molecule has 152 valence electrons. The van der Waals surface area contributed by atoms with Gasteiger partial charge >= 0.3 is 7.68 Å². The molecule has 6 nitrogen and oxygen atoms in total. The van der Waals surface area contributed by atoms with Crippen molar-refractivity contribution in [1.82, 2.24) is 0 Å². The highest BCUT2D eigenvalue weighted by Crippen LogP contribution is 2.49. The third-order valence-corrected chi connectivity index (χ3v) is 6.92. The summed E-state index contributed by atoms with van der Waals surface area (Å²) in [5.74, 6) is -0.725. The van der Waals surface area contributed by atoms with Crippen molar-refractivity contribution in [2.45, 2.75) is 38.4 Å². The Balaban J connectivity index is 2.01. The van der Waals surface area contributed by atoms with Crippen molar-refractivity contribution < 1.29 is 18.7 Å². The average molecular weight is 453 g/mol. The van der Waals surface area contributed by atoms with Crippen LogP contribution in [0.15, 0.2) is 36.4 Å². The molecule has 0 aromatic heterocycles. The SMILES string of the molecule is CC1(C)C(=O)N(C(C)(C)P(=O)=O)c2cc(NC(=O)c3ccc(Cl)c(Cl)c3)ccc21. The van der Waals surface area contributed by atoms with Crippen LogP contribution in [-0.2, 0) is 19.3 Å². The first-order chi connectivity index (χ1) is 13.4. The molecule has 2 amide bonds. The summed E-state index contributed by atoms with van der Waals surface area (Å²) in [6, 6.07) is 9.54. The van der Waals surface area contributed by atoms with Gasteiger partial charge in [-0.1, -0.05) is 29.3 Å². The maximum absolute atomic E-state index is 13.0. The lowest BCUT2D eigenvalue weighted by Gasteiger charge is -2.30. The van der Waals surface area contributed by atoms with E-state index in [0.717, 1.165) is 0 Å². The average Bonchev–Trinajstić information content (AvgIpc) is 2.83. The molecule has 9 heteroatoms. The van der Waals surface area contributed by atoms with Crippen molar-refractivity contribution in [2.75, 3.05) is 10.2 Å². The molecule has 0 atom stereocenters. The Morgan fingerprint density at radius 2 is 1.72 bits per heavy atom. The summed E-state index contributed by atoms with van der Waals surface area (Å²) in [5, 5.41) is 1.93. The lowest BCUT2D eigenvalue weighted by atomic mass is 9.86. The number of nitrogens with zero attached hydrogens (tertiary/aromatic N) is 1. The van der Waals surface area contributed by atoms with E-state index in [-0.39, 0.29) is 10.9 Å². The van der Waals surface area contributed by atoms with E-state index in [4.69, 9.17) is 23.2 Å². The Morgan fingerprint density at radius 3 is 2.31 bits per heavy atom. The number of carbonyl (C=O) groups is 2. The summed E-state index contributed by atoms with van der Waals surface area (Å²) in [6.07, 6.45) is 0. The number of nitrogens with one attached hydrogen (secondary N) is 1. The summed E-state index contributed by atoms with van der Waals surface area (Å²) in [5.41, 5.74) is 1.00. The van der Waals surface area contributed by atoms with Crippen LogP contribution in [0.3, 0.4) is 0 Å². The lowest BCUT2D eigenvalue weighted by Crippen LogP contribution is -2.46. The van der Waals surface area contributed by atoms with Crippen LogP contribution in [0.4, 0.5) is 11.4 Å². The molecule has 0 fully saturated rings. The molecule has 2 aromatic carbocycles. The molecular weight excluding hydrogens is 434 g/mol. The van der Waals surface area contributed by atoms with Gasteiger partial charge in [-0.2, -0.15) is 0 Å². The topological polar surface area (TPSA) is 83.6 Å². The molecule has 2 aromatic rings. The largest absolute Gasteiger partial charge is 0.341 e. The van der Waals surface area contributed by atoms with Gasteiger partial charge in [0.15, 0.2) is 5.28 Å². The van der Waals surface area contributed by atoms with Gasteiger partial charge in [0.25, 0.3) is 5.91 Å². The fourth-order valence-corrected chi connectivity index (χ4v) is 3.95.